The van der Waals surface area contributed by atoms with Crippen molar-refractivity contribution in [3.05, 3.63) is 29.8 Å². The molecule has 20 heavy (non-hydrogen) atoms. The maximum absolute atomic E-state index is 11.9. The number of para-hydroxylation sites is 1. The largest absolute Gasteiger partial charge is 0.493 e. The standard InChI is InChI=1S/C15H22N2O2S/c1-13-5-2-3-6-14(13)19-10-4-7-16-15(18)17-8-11-20-12-9-17/h2-3,5-6H,4,7-12H2,1H3,(H,16,18). The lowest BCUT2D eigenvalue weighted by molar-refractivity contribution is 0.202. The van der Waals surface area contributed by atoms with Gasteiger partial charge in [-0.05, 0) is 25.0 Å². The molecule has 1 fully saturated rings. The van der Waals surface area contributed by atoms with Crippen molar-refractivity contribution in [2.45, 2.75) is 13.3 Å². The van der Waals surface area contributed by atoms with Crippen molar-refractivity contribution < 1.29 is 9.53 Å². The van der Waals surface area contributed by atoms with E-state index < -0.39 is 0 Å². The van der Waals surface area contributed by atoms with Crippen LogP contribution in [0.15, 0.2) is 24.3 Å². The third kappa shape index (κ3) is 4.63. The van der Waals surface area contributed by atoms with Gasteiger partial charge in [-0.3, -0.25) is 0 Å². The molecule has 1 heterocycles. The molecule has 1 aliphatic heterocycles. The molecule has 0 aromatic heterocycles. The molecule has 1 aromatic rings. The fraction of sp³-hybridized carbons (Fsp3) is 0.533. The summed E-state index contributed by atoms with van der Waals surface area (Å²) in [5.74, 6) is 3.01. The lowest BCUT2D eigenvalue weighted by Crippen LogP contribution is -2.44. The predicted octanol–water partition coefficient (Wildman–Crippen LogP) is 2.52. The number of benzene rings is 1. The zero-order valence-corrected chi connectivity index (χ0v) is 12.7. The van der Waals surface area contributed by atoms with Crippen molar-refractivity contribution in [3.63, 3.8) is 0 Å². The third-order valence-electron chi connectivity index (χ3n) is 3.25. The minimum Gasteiger partial charge on any atom is -0.493 e. The molecule has 4 nitrogen and oxygen atoms in total. The molecule has 2 rings (SSSR count). The number of hydrogen-bond donors (Lipinski definition) is 1. The molecule has 1 aliphatic rings. The number of amides is 2. The lowest BCUT2D eigenvalue weighted by atomic mass is 10.2. The molecule has 0 bridgehead atoms. The molecule has 2 amide bonds. The summed E-state index contributed by atoms with van der Waals surface area (Å²) < 4.78 is 5.70. The highest BCUT2D eigenvalue weighted by Crippen LogP contribution is 2.16. The molecule has 0 aliphatic carbocycles. The van der Waals surface area contributed by atoms with Gasteiger partial charge in [0.05, 0.1) is 6.61 Å². The third-order valence-corrected chi connectivity index (χ3v) is 4.19. The first-order valence-electron chi connectivity index (χ1n) is 7.06. The van der Waals surface area contributed by atoms with E-state index in [1.54, 1.807) is 0 Å². The minimum atomic E-state index is 0.0567. The van der Waals surface area contributed by atoms with Gasteiger partial charge in [0, 0.05) is 31.1 Å². The Bertz CT molecular complexity index is 434. The van der Waals surface area contributed by atoms with Crippen LogP contribution in [0.5, 0.6) is 5.75 Å². The maximum atomic E-state index is 11.9. The van der Waals surface area contributed by atoms with Gasteiger partial charge in [-0.25, -0.2) is 4.79 Å². The Morgan fingerprint density at radius 2 is 2.10 bits per heavy atom. The number of aryl methyl sites for hydroxylation is 1. The van der Waals surface area contributed by atoms with Crippen LogP contribution in [0.4, 0.5) is 4.79 Å². The van der Waals surface area contributed by atoms with E-state index in [-0.39, 0.29) is 6.03 Å². The molecule has 1 N–H and O–H groups in total. The van der Waals surface area contributed by atoms with Crippen LogP contribution in [0.1, 0.15) is 12.0 Å². The van der Waals surface area contributed by atoms with Crippen molar-refractivity contribution in [1.29, 1.82) is 0 Å². The van der Waals surface area contributed by atoms with Crippen molar-refractivity contribution in [1.82, 2.24) is 10.2 Å². The average molecular weight is 294 g/mol. The van der Waals surface area contributed by atoms with Gasteiger partial charge in [0.1, 0.15) is 5.75 Å². The highest BCUT2D eigenvalue weighted by molar-refractivity contribution is 7.99. The van der Waals surface area contributed by atoms with Crippen molar-refractivity contribution >= 4 is 17.8 Å². The van der Waals surface area contributed by atoms with Crippen molar-refractivity contribution in [3.8, 4) is 5.75 Å². The van der Waals surface area contributed by atoms with Gasteiger partial charge in [-0.1, -0.05) is 18.2 Å². The Labute approximate surface area is 124 Å². The highest BCUT2D eigenvalue weighted by Gasteiger charge is 2.15. The molecule has 0 radical (unpaired) electrons. The Kier molecular flexibility index (Phi) is 6.05. The summed E-state index contributed by atoms with van der Waals surface area (Å²) in [6.45, 7) is 5.03. The fourth-order valence-electron chi connectivity index (χ4n) is 2.05. The van der Waals surface area contributed by atoms with Crippen LogP contribution >= 0.6 is 11.8 Å². The number of nitrogens with one attached hydrogen (secondary N) is 1. The smallest absolute Gasteiger partial charge is 0.317 e. The second-order valence-electron chi connectivity index (χ2n) is 4.80. The van der Waals surface area contributed by atoms with E-state index in [1.807, 2.05) is 47.9 Å². The van der Waals surface area contributed by atoms with Crippen LogP contribution < -0.4 is 10.1 Å². The predicted molar refractivity (Wildman–Crippen MR) is 83.6 cm³/mol. The van der Waals surface area contributed by atoms with E-state index in [0.29, 0.717) is 13.2 Å². The second-order valence-corrected chi connectivity index (χ2v) is 6.02. The number of carbonyl (C=O) groups is 1. The molecular formula is C15H22N2O2S. The highest BCUT2D eigenvalue weighted by atomic mass is 32.2. The summed E-state index contributed by atoms with van der Waals surface area (Å²) in [6.07, 6.45) is 0.822. The topological polar surface area (TPSA) is 41.6 Å². The number of thioether (sulfide) groups is 1. The molecule has 0 unspecified atom stereocenters. The van der Waals surface area contributed by atoms with Gasteiger partial charge in [0.15, 0.2) is 0 Å². The monoisotopic (exact) mass is 294 g/mol. The molecule has 5 heteroatoms. The van der Waals surface area contributed by atoms with E-state index in [0.717, 1.165) is 42.3 Å². The van der Waals surface area contributed by atoms with Crippen LogP contribution in [0.2, 0.25) is 0 Å². The summed E-state index contributed by atoms with van der Waals surface area (Å²) >= 11 is 1.91. The number of rotatable bonds is 5. The molecular weight excluding hydrogens is 272 g/mol. The van der Waals surface area contributed by atoms with Gasteiger partial charge in [0.25, 0.3) is 0 Å². The zero-order chi connectivity index (χ0) is 14.2. The van der Waals surface area contributed by atoms with E-state index in [4.69, 9.17) is 4.74 Å². The second kappa shape index (κ2) is 8.04. The molecule has 1 aromatic carbocycles. The molecule has 110 valence electrons. The number of hydrogen-bond acceptors (Lipinski definition) is 3. The van der Waals surface area contributed by atoms with Crippen LogP contribution in [0, 0.1) is 6.92 Å². The summed E-state index contributed by atoms with van der Waals surface area (Å²) in [5, 5.41) is 2.95. The Balaban J connectivity index is 1.59. The quantitative estimate of drug-likeness (QED) is 0.849. The van der Waals surface area contributed by atoms with Crippen LogP contribution in [-0.4, -0.2) is 48.7 Å². The normalized spacial score (nSPS) is 14.9. The Morgan fingerprint density at radius 1 is 1.35 bits per heavy atom. The number of nitrogens with zero attached hydrogens (tertiary/aromatic N) is 1. The first kappa shape index (κ1) is 15.0. The van der Waals surface area contributed by atoms with Gasteiger partial charge < -0.3 is 15.0 Å². The lowest BCUT2D eigenvalue weighted by Gasteiger charge is -2.26. The molecule has 1 saturated heterocycles. The summed E-state index contributed by atoms with van der Waals surface area (Å²) in [6, 6.07) is 8.03. The van der Waals surface area contributed by atoms with E-state index in [9.17, 15) is 4.79 Å². The van der Waals surface area contributed by atoms with Gasteiger partial charge in [-0.15, -0.1) is 0 Å². The average Bonchev–Trinajstić information content (AvgIpc) is 2.49. The number of urea groups is 1. The fourth-order valence-corrected chi connectivity index (χ4v) is 2.95. The SMILES string of the molecule is Cc1ccccc1OCCCNC(=O)N1CCSCC1. The summed E-state index contributed by atoms with van der Waals surface area (Å²) in [5.41, 5.74) is 1.14. The van der Waals surface area contributed by atoms with Gasteiger partial charge in [0.2, 0.25) is 0 Å². The van der Waals surface area contributed by atoms with Gasteiger partial charge >= 0.3 is 6.03 Å². The number of carbonyl (C=O) groups excluding carboxylic acids is 1. The zero-order valence-electron chi connectivity index (χ0n) is 11.9. The molecule has 0 spiro atoms. The summed E-state index contributed by atoms with van der Waals surface area (Å²) in [7, 11) is 0. The van der Waals surface area contributed by atoms with Crippen LogP contribution in [0.3, 0.4) is 0 Å². The van der Waals surface area contributed by atoms with E-state index >= 15 is 0 Å². The van der Waals surface area contributed by atoms with Crippen LogP contribution in [-0.2, 0) is 0 Å². The van der Waals surface area contributed by atoms with E-state index in [1.165, 1.54) is 0 Å². The first-order chi connectivity index (χ1) is 9.77. The van der Waals surface area contributed by atoms with Crippen LogP contribution in [0.25, 0.3) is 0 Å². The Hall–Kier alpha value is -1.36. The maximum Gasteiger partial charge on any atom is 0.317 e. The van der Waals surface area contributed by atoms with Crippen molar-refractivity contribution in [2.24, 2.45) is 0 Å². The minimum absolute atomic E-state index is 0.0567. The number of ether oxygens (including phenoxy) is 1. The molecule has 0 atom stereocenters. The van der Waals surface area contributed by atoms with E-state index in [2.05, 4.69) is 5.32 Å². The van der Waals surface area contributed by atoms with Gasteiger partial charge in [-0.2, -0.15) is 11.8 Å². The summed E-state index contributed by atoms with van der Waals surface area (Å²) in [4.78, 5) is 13.7. The van der Waals surface area contributed by atoms with Crippen molar-refractivity contribution in [2.75, 3.05) is 37.7 Å². The molecule has 0 saturated carbocycles. The Morgan fingerprint density at radius 3 is 2.85 bits per heavy atom. The first-order valence-corrected chi connectivity index (χ1v) is 8.22.